The molecule has 0 N–H and O–H groups in total. The van der Waals surface area contributed by atoms with Gasteiger partial charge in [-0.1, -0.05) is 37.3 Å². The first-order chi connectivity index (χ1) is 7.31. The summed E-state index contributed by atoms with van der Waals surface area (Å²) in [6.07, 6.45) is 1.43. The van der Waals surface area contributed by atoms with E-state index in [0.29, 0.717) is 6.42 Å². The number of nitrogens with zero attached hydrogens (tertiary/aromatic N) is 2. The zero-order chi connectivity index (χ0) is 11.1. The van der Waals surface area contributed by atoms with Crippen molar-refractivity contribution in [2.24, 2.45) is 0 Å². The first kappa shape index (κ1) is 11.0. The van der Waals surface area contributed by atoms with Gasteiger partial charge in [-0.25, -0.2) is 0 Å². The average molecular weight is 196 g/mol. The molecule has 0 radical (unpaired) electrons. The molecule has 0 fully saturated rings. The Morgan fingerprint density at radius 2 is 1.73 bits per heavy atom. The Bertz CT molecular complexity index is 414. The molecule has 0 unspecified atom stereocenters. The van der Waals surface area contributed by atoms with Crippen molar-refractivity contribution >= 4 is 0 Å². The van der Waals surface area contributed by atoms with Crippen molar-refractivity contribution in [2.45, 2.75) is 19.8 Å². The SMILES string of the molecule is CCC(Cc1ccccc1)=C(C#N)C#N. The van der Waals surface area contributed by atoms with E-state index in [4.69, 9.17) is 10.5 Å². The summed E-state index contributed by atoms with van der Waals surface area (Å²) in [6, 6.07) is 13.8. The van der Waals surface area contributed by atoms with Crippen LogP contribution in [0.4, 0.5) is 0 Å². The highest BCUT2D eigenvalue weighted by atomic mass is 14.3. The van der Waals surface area contributed by atoms with Crippen molar-refractivity contribution in [3.05, 3.63) is 47.0 Å². The zero-order valence-corrected chi connectivity index (χ0v) is 8.70. The fraction of sp³-hybridized carbons (Fsp3) is 0.231. The number of rotatable bonds is 3. The predicted octanol–water partition coefficient (Wildman–Crippen LogP) is 2.98. The average Bonchev–Trinajstić information content (AvgIpc) is 2.30. The van der Waals surface area contributed by atoms with Crippen LogP contribution in [0, 0.1) is 22.7 Å². The molecule has 0 aliphatic heterocycles. The van der Waals surface area contributed by atoms with E-state index in [1.54, 1.807) is 0 Å². The van der Waals surface area contributed by atoms with Crippen LogP contribution in [0.15, 0.2) is 41.5 Å². The number of benzene rings is 1. The minimum Gasteiger partial charge on any atom is -0.192 e. The highest BCUT2D eigenvalue weighted by Gasteiger charge is 2.04. The molecular formula is C13H12N2. The normalized spacial score (nSPS) is 8.73. The van der Waals surface area contributed by atoms with Crippen molar-refractivity contribution in [1.29, 1.82) is 10.5 Å². The second-order valence-corrected chi connectivity index (χ2v) is 3.22. The molecular weight excluding hydrogens is 184 g/mol. The van der Waals surface area contributed by atoms with Crippen LogP contribution < -0.4 is 0 Å². The van der Waals surface area contributed by atoms with Gasteiger partial charge in [0.2, 0.25) is 0 Å². The van der Waals surface area contributed by atoms with Gasteiger partial charge in [-0.2, -0.15) is 10.5 Å². The van der Waals surface area contributed by atoms with E-state index in [-0.39, 0.29) is 5.57 Å². The van der Waals surface area contributed by atoms with Crippen LogP contribution in [0.1, 0.15) is 18.9 Å². The van der Waals surface area contributed by atoms with Gasteiger partial charge in [-0.15, -0.1) is 0 Å². The molecule has 1 aromatic rings. The predicted molar refractivity (Wildman–Crippen MR) is 58.7 cm³/mol. The Balaban J connectivity index is 2.95. The smallest absolute Gasteiger partial charge is 0.129 e. The summed E-state index contributed by atoms with van der Waals surface area (Å²) in [7, 11) is 0. The summed E-state index contributed by atoms with van der Waals surface area (Å²) in [4.78, 5) is 0. The maximum atomic E-state index is 8.78. The van der Waals surface area contributed by atoms with Crippen LogP contribution in [0.25, 0.3) is 0 Å². The summed E-state index contributed by atoms with van der Waals surface area (Å²) in [5.74, 6) is 0. The Morgan fingerprint density at radius 3 is 2.20 bits per heavy atom. The van der Waals surface area contributed by atoms with Crippen LogP contribution in [-0.2, 0) is 6.42 Å². The van der Waals surface area contributed by atoms with Gasteiger partial charge in [0.25, 0.3) is 0 Å². The molecule has 1 rings (SSSR count). The third-order valence-electron chi connectivity index (χ3n) is 2.26. The van der Waals surface area contributed by atoms with E-state index in [1.165, 1.54) is 0 Å². The summed E-state index contributed by atoms with van der Waals surface area (Å²) in [5.41, 5.74) is 2.30. The third-order valence-corrected chi connectivity index (χ3v) is 2.26. The summed E-state index contributed by atoms with van der Waals surface area (Å²) in [6.45, 7) is 1.97. The molecule has 0 aliphatic rings. The van der Waals surface area contributed by atoms with Crippen molar-refractivity contribution in [3.8, 4) is 12.1 Å². The molecule has 0 saturated heterocycles. The number of nitriles is 2. The van der Waals surface area contributed by atoms with Gasteiger partial charge < -0.3 is 0 Å². The van der Waals surface area contributed by atoms with Crippen molar-refractivity contribution in [3.63, 3.8) is 0 Å². The quantitative estimate of drug-likeness (QED) is 0.698. The van der Waals surface area contributed by atoms with E-state index in [2.05, 4.69) is 0 Å². The highest BCUT2D eigenvalue weighted by Crippen LogP contribution is 2.14. The molecule has 0 amide bonds. The molecule has 74 valence electrons. The monoisotopic (exact) mass is 196 g/mol. The lowest BCUT2D eigenvalue weighted by atomic mass is 9.99. The standard InChI is InChI=1S/C13H12N2/c1-2-12(13(9-14)10-15)8-11-6-4-3-5-7-11/h3-7H,2,8H2,1H3. The molecule has 0 aliphatic carbocycles. The second kappa shape index (κ2) is 5.62. The lowest BCUT2D eigenvalue weighted by Crippen LogP contribution is -1.93. The first-order valence-corrected chi connectivity index (χ1v) is 4.88. The molecule has 0 aromatic heterocycles. The first-order valence-electron chi connectivity index (χ1n) is 4.88. The van der Waals surface area contributed by atoms with Crippen LogP contribution in [-0.4, -0.2) is 0 Å². The van der Waals surface area contributed by atoms with E-state index in [0.717, 1.165) is 17.6 Å². The van der Waals surface area contributed by atoms with Crippen LogP contribution in [0.5, 0.6) is 0 Å². The molecule has 0 bridgehead atoms. The van der Waals surface area contributed by atoms with Gasteiger partial charge in [0.05, 0.1) is 0 Å². The van der Waals surface area contributed by atoms with Gasteiger partial charge in [0.1, 0.15) is 17.7 Å². The van der Waals surface area contributed by atoms with Gasteiger partial charge in [0.15, 0.2) is 0 Å². The maximum Gasteiger partial charge on any atom is 0.129 e. The second-order valence-electron chi connectivity index (χ2n) is 3.22. The van der Waals surface area contributed by atoms with Gasteiger partial charge in [0, 0.05) is 0 Å². The number of hydrogen-bond acceptors (Lipinski definition) is 2. The number of hydrogen-bond donors (Lipinski definition) is 0. The van der Waals surface area contributed by atoms with Gasteiger partial charge in [-0.05, 0) is 24.0 Å². The van der Waals surface area contributed by atoms with E-state index >= 15 is 0 Å². The Hall–Kier alpha value is -2.06. The van der Waals surface area contributed by atoms with Crippen molar-refractivity contribution < 1.29 is 0 Å². The molecule has 2 heteroatoms. The summed E-state index contributed by atoms with van der Waals surface area (Å²) < 4.78 is 0. The van der Waals surface area contributed by atoms with Crippen LogP contribution >= 0.6 is 0 Å². The molecule has 0 heterocycles. The minimum absolute atomic E-state index is 0.251. The summed E-state index contributed by atoms with van der Waals surface area (Å²) >= 11 is 0. The van der Waals surface area contributed by atoms with E-state index < -0.39 is 0 Å². The fourth-order valence-electron chi connectivity index (χ4n) is 1.42. The van der Waals surface area contributed by atoms with Crippen LogP contribution in [0.2, 0.25) is 0 Å². The lowest BCUT2D eigenvalue weighted by Gasteiger charge is -2.04. The third kappa shape index (κ3) is 2.97. The Labute approximate surface area is 90.1 Å². The lowest BCUT2D eigenvalue weighted by molar-refractivity contribution is 0.993. The molecule has 15 heavy (non-hydrogen) atoms. The minimum atomic E-state index is 0.251. The largest absolute Gasteiger partial charge is 0.192 e. The van der Waals surface area contributed by atoms with Gasteiger partial charge >= 0.3 is 0 Å². The summed E-state index contributed by atoms with van der Waals surface area (Å²) in [5, 5.41) is 17.6. The number of allylic oxidation sites excluding steroid dienone is 2. The highest BCUT2D eigenvalue weighted by molar-refractivity contribution is 5.42. The van der Waals surface area contributed by atoms with Gasteiger partial charge in [-0.3, -0.25) is 0 Å². The van der Waals surface area contributed by atoms with E-state index in [9.17, 15) is 0 Å². The topological polar surface area (TPSA) is 47.6 Å². The molecule has 2 nitrogen and oxygen atoms in total. The van der Waals surface area contributed by atoms with Crippen molar-refractivity contribution in [2.75, 3.05) is 0 Å². The van der Waals surface area contributed by atoms with Crippen LogP contribution in [0.3, 0.4) is 0 Å². The van der Waals surface area contributed by atoms with Crippen molar-refractivity contribution in [1.82, 2.24) is 0 Å². The molecule has 0 spiro atoms. The Kier molecular flexibility index (Phi) is 4.13. The maximum absolute atomic E-state index is 8.78. The zero-order valence-electron chi connectivity index (χ0n) is 8.70. The fourth-order valence-corrected chi connectivity index (χ4v) is 1.42. The molecule has 0 saturated carbocycles. The Morgan fingerprint density at radius 1 is 1.13 bits per heavy atom. The molecule has 1 aromatic carbocycles. The molecule has 0 atom stereocenters. The van der Waals surface area contributed by atoms with E-state index in [1.807, 2.05) is 49.4 Å².